The topological polar surface area (TPSA) is 27.7 Å². The van der Waals surface area contributed by atoms with Crippen molar-refractivity contribution in [2.24, 2.45) is 0 Å². The van der Waals surface area contributed by atoms with Crippen LogP contribution in [0.3, 0.4) is 0 Å². The van der Waals surface area contributed by atoms with Crippen molar-refractivity contribution in [1.82, 2.24) is 0 Å². The van der Waals surface area contributed by atoms with E-state index in [1.54, 1.807) is 7.11 Å². The van der Waals surface area contributed by atoms with E-state index < -0.39 is 0 Å². The summed E-state index contributed by atoms with van der Waals surface area (Å²) < 4.78 is 16.0. The normalized spacial score (nSPS) is 17.3. The lowest BCUT2D eigenvalue weighted by Gasteiger charge is -2.13. The Morgan fingerprint density at radius 1 is 1.29 bits per heavy atom. The van der Waals surface area contributed by atoms with Crippen molar-refractivity contribution >= 4 is 0 Å². The monoisotopic (exact) mass is 194 g/mol. The molecule has 1 aliphatic rings. The molecule has 1 aromatic rings. The molecule has 1 fully saturated rings. The molecule has 1 heterocycles. The quantitative estimate of drug-likeness (QED) is 0.721. The average Bonchev–Trinajstić information content (AvgIpc) is 2.71. The van der Waals surface area contributed by atoms with Crippen molar-refractivity contribution in [3.05, 3.63) is 29.3 Å². The summed E-state index contributed by atoms with van der Waals surface area (Å²) in [6, 6.07) is 5.91. The summed E-state index contributed by atoms with van der Waals surface area (Å²) >= 11 is 0. The molecule has 0 spiro atoms. The molecule has 0 radical (unpaired) electrons. The van der Waals surface area contributed by atoms with Gasteiger partial charge in [0.15, 0.2) is 6.29 Å². The molecule has 0 atom stereocenters. The van der Waals surface area contributed by atoms with Gasteiger partial charge in [-0.2, -0.15) is 0 Å². The highest BCUT2D eigenvalue weighted by Crippen LogP contribution is 2.28. The van der Waals surface area contributed by atoms with E-state index >= 15 is 0 Å². The van der Waals surface area contributed by atoms with Gasteiger partial charge in [-0.25, -0.2) is 0 Å². The summed E-state index contributed by atoms with van der Waals surface area (Å²) in [5.74, 6) is 0.838. The van der Waals surface area contributed by atoms with Crippen LogP contribution < -0.4 is 4.74 Å². The number of ether oxygens (including phenoxy) is 3. The minimum atomic E-state index is -0.218. The van der Waals surface area contributed by atoms with Gasteiger partial charge in [-0.1, -0.05) is 6.07 Å². The van der Waals surface area contributed by atoms with Crippen molar-refractivity contribution in [2.45, 2.75) is 13.2 Å². The third-order valence-corrected chi connectivity index (χ3v) is 2.36. The molecule has 0 N–H and O–H groups in total. The van der Waals surface area contributed by atoms with Crippen LogP contribution in [0.2, 0.25) is 0 Å². The van der Waals surface area contributed by atoms with Crippen LogP contribution in [-0.4, -0.2) is 20.3 Å². The first kappa shape index (κ1) is 9.49. The van der Waals surface area contributed by atoms with E-state index in [0.29, 0.717) is 13.2 Å². The molecular weight excluding hydrogens is 180 g/mol. The molecule has 3 nitrogen and oxygen atoms in total. The van der Waals surface area contributed by atoms with Crippen LogP contribution in [0.4, 0.5) is 0 Å². The first-order valence-electron chi connectivity index (χ1n) is 4.69. The number of benzene rings is 1. The molecule has 0 bridgehead atoms. The molecule has 3 heteroatoms. The van der Waals surface area contributed by atoms with Crippen molar-refractivity contribution in [1.29, 1.82) is 0 Å². The van der Waals surface area contributed by atoms with E-state index in [0.717, 1.165) is 16.9 Å². The van der Waals surface area contributed by atoms with E-state index in [-0.39, 0.29) is 6.29 Å². The summed E-state index contributed by atoms with van der Waals surface area (Å²) in [5.41, 5.74) is 2.22. The summed E-state index contributed by atoms with van der Waals surface area (Å²) in [5, 5.41) is 0. The zero-order chi connectivity index (χ0) is 9.97. The van der Waals surface area contributed by atoms with E-state index in [1.165, 1.54) is 0 Å². The number of hydrogen-bond acceptors (Lipinski definition) is 3. The van der Waals surface area contributed by atoms with Crippen LogP contribution >= 0.6 is 0 Å². The van der Waals surface area contributed by atoms with Gasteiger partial charge in [-0.05, 0) is 24.6 Å². The van der Waals surface area contributed by atoms with Gasteiger partial charge in [0.2, 0.25) is 0 Å². The molecule has 1 aliphatic heterocycles. The SMILES string of the molecule is COc1ccc(C)c(C2OCCO2)c1. The van der Waals surface area contributed by atoms with Crippen molar-refractivity contribution < 1.29 is 14.2 Å². The molecule has 0 amide bonds. The Kier molecular flexibility index (Phi) is 2.70. The van der Waals surface area contributed by atoms with Gasteiger partial charge in [0.05, 0.1) is 20.3 Å². The van der Waals surface area contributed by atoms with Crippen molar-refractivity contribution in [2.75, 3.05) is 20.3 Å². The summed E-state index contributed by atoms with van der Waals surface area (Å²) in [4.78, 5) is 0. The Morgan fingerprint density at radius 3 is 2.64 bits per heavy atom. The van der Waals surface area contributed by atoms with Gasteiger partial charge < -0.3 is 14.2 Å². The summed E-state index contributed by atoms with van der Waals surface area (Å²) in [7, 11) is 1.66. The predicted octanol–water partition coefficient (Wildman–Crippen LogP) is 2.05. The average molecular weight is 194 g/mol. The Hall–Kier alpha value is -1.06. The van der Waals surface area contributed by atoms with Gasteiger partial charge in [0.1, 0.15) is 5.75 Å². The third-order valence-electron chi connectivity index (χ3n) is 2.36. The van der Waals surface area contributed by atoms with E-state index in [9.17, 15) is 0 Å². The van der Waals surface area contributed by atoms with E-state index in [4.69, 9.17) is 14.2 Å². The molecule has 0 unspecified atom stereocenters. The van der Waals surface area contributed by atoms with Gasteiger partial charge in [0.25, 0.3) is 0 Å². The second kappa shape index (κ2) is 3.98. The molecule has 0 aromatic heterocycles. The largest absolute Gasteiger partial charge is 0.497 e. The fourth-order valence-electron chi connectivity index (χ4n) is 1.54. The highest BCUT2D eigenvalue weighted by atomic mass is 16.7. The Morgan fingerprint density at radius 2 is 2.00 bits per heavy atom. The van der Waals surface area contributed by atoms with Gasteiger partial charge in [-0.15, -0.1) is 0 Å². The molecule has 76 valence electrons. The van der Waals surface area contributed by atoms with Gasteiger partial charge in [-0.3, -0.25) is 0 Å². The molecule has 1 saturated heterocycles. The van der Waals surface area contributed by atoms with Crippen molar-refractivity contribution in [3.8, 4) is 5.75 Å². The minimum Gasteiger partial charge on any atom is -0.497 e. The predicted molar refractivity (Wildman–Crippen MR) is 52.4 cm³/mol. The van der Waals surface area contributed by atoms with Gasteiger partial charge in [0, 0.05) is 5.56 Å². The fourth-order valence-corrected chi connectivity index (χ4v) is 1.54. The number of hydrogen-bond donors (Lipinski definition) is 0. The number of aryl methyl sites for hydroxylation is 1. The zero-order valence-electron chi connectivity index (χ0n) is 8.45. The molecule has 2 rings (SSSR count). The smallest absolute Gasteiger partial charge is 0.184 e. The lowest BCUT2D eigenvalue weighted by atomic mass is 10.1. The fraction of sp³-hybridized carbons (Fsp3) is 0.455. The lowest BCUT2D eigenvalue weighted by molar-refractivity contribution is -0.0446. The Balaban J connectivity index is 2.29. The molecule has 14 heavy (non-hydrogen) atoms. The summed E-state index contributed by atoms with van der Waals surface area (Å²) in [6.07, 6.45) is -0.218. The second-order valence-electron chi connectivity index (χ2n) is 3.30. The first-order valence-corrected chi connectivity index (χ1v) is 4.69. The summed E-state index contributed by atoms with van der Waals surface area (Å²) in [6.45, 7) is 3.38. The Labute approximate surface area is 83.6 Å². The highest BCUT2D eigenvalue weighted by Gasteiger charge is 2.20. The molecule has 0 aliphatic carbocycles. The maximum Gasteiger partial charge on any atom is 0.184 e. The van der Waals surface area contributed by atoms with E-state index in [2.05, 4.69) is 0 Å². The zero-order valence-corrected chi connectivity index (χ0v) is 8.45. The van der Waals surface area contributed by atoms with Crippen LogP contribution in [0.15, 0.2) is 18.2 Å². The van der Waals surface area contributed by atoms with Crippen LogP contribution in [0.5, 0.6) is 5.75 Å². The maximum atomic E-state index is 5.44. The Bertz CT molecular complexity index is 316. The maximum absolute atomic E-state index is 5.44. The molecule has 1 aromatic carbocycles. The third kappa shape index (κ3) is 1.74. The molecular formula is C11H14O3. The minimum absolute atomic E-state index is 0.218. The number of rotatable bonds is 2. The van der Waals surface area contributed by atoms with E-state index in [1.807, 2.05) is 25.1 Å². The first-order chi connectivity index (χ1) is 6.81. The number of methoxy groups -OCH3 is 1. The van der Waals surface area contributed by atoms with Gasteiger partial charge >= 0.3 is 0 Å². The highest BCUT2D eigenvalue weighted by molar-refractivity contribution is 5.35. The van der Waals surface area contributed by atoms with Crippen LogP contribution in [0, 0.1) is 6.92 Å². The second-order valence-corrected chi connectivity index (χ2v) is 3.30. The van der Waals surface area contributed by atoms with Crippen LogP contribution in [0.1, 0.15) is 17.4 Å². The standard InChI is InChI=1S/C11H14O3/c1-8-3-4-9(12-2)7-10(8)11-13-5-6-14-11/h3-4,7,11H,5-6H2,1-2H3. The van der Waals surface area contributed by atoms with Crippen LogP contribution in [0.25, 0.3) is 0 Å². The molecule has 0 saturated carbocycles. The van der Waals surface area contributed by atoms with Crippen LogP contribution in [-0.2, 0) is 9.47 Å². The lowest BCUT2D eigenvalue weighted by Crippen LogP contribution is -2.01. The van der Waals surface area contributed by atoms with Crippen molar-refractivity contribution in [3.63, 3.8) is 0 Å².